The molecule has 104 valence electrons. The summed E-state index contributed by atoms with van der Waals surface area (Å²) in [7, 11) is 0. The van der Waals surface area contributed by atoms with Gasteiger partial charge in [0.15, 0.2) is 0 Å². The minimum absolute atomic E-state index is 0.470. The number of aliphatic hydroxyl groups excluding tert-OH is 1. The van der Waals surface area contributed by atoms with Crippen molar-refractivity contribution in [3.8, 4) is 0 Å². The fraction of sp³-hybridized carbons (Fsp3) is 1.00. The number of aliphatic hydroxyl groups is 1. The first-order valence-corrected chi connectivity index (χ1v) is 5.35. The Morgan fingerprint density at radius 2 is 1.53 bits per heavy atom. The molecule has 17 heavy (non-hydrogen) atoms. The van der Waals surface area contributed by atoms with Gasteiger partial charge in [-0.1, -0.05) is 22.6 Å². The van der Waals surface area contributed by atoms with E-state index >= 15 is 0 Å². The first-order chi connectivity index (χ1) is 7.45. The number of hydrogen-bond acceptors (Lipinski definition) is 2. The molecule has 10 heteroatoms. The van der Waals surface area contributed by atoms with E-state index in [1.807, 2.05) is 0 Å². The lowest BCUT2D eigenvalue weighted by Crippen LogP contribution is -2.54. The third kappa shape index (κ3) is 4.39. The Bertz CT molecular complexity index is 243. The van der Waals surface area contributed by atoms with E-state index in [4.69, 9.17) is 5.11 Å². The molecule has 0 spiro atoms. The van der Waals surface area contributed by atoms with E-state index < -0.39 is 41.8 Å². The number of hydrogen-bond donors (Lipinski definition) is 1. The van der Waals surface area contributed by atoms with Gasteiger partial charge in [0.25, 0.3) is 0 Å². The lowest BCUT2D eigenvalue weighted by atomic mass is 10.2. The maximum Gasteiger partial charge on any atom is 0.459 e. The van der Waals surface area contributed by atoms with Gasteiger partial charge in [-0.05, 0) is 0 Å². The van der Waals surface area contributed by atoms with E-state index in [0.29, 0.717) is 0 Å². The van der Waals surface area contributed by atoms with Gasteiger partial charge in [0.05, 0.1) is 17.1 Å². The predicted molar refractivity (Wildman–Crippen MR) is 51.7 cm³/mol. The average Bonchev–Trinajstić information content (AvgIpc) is 2.15. The summed E-state index contributed by atoms with van der Waals surface area (Å²) in [5.74, 6) is -11.5. The van der Waals surface area contributed by atoms with E-state index in [0.717, 1.165) is 0 Å². The maximum atomic E-state index is 12.6. The summed E-state index contributed by atoms with van der Waals surface area (Å²) in [5.41, 5.74) is 0. The molecule has 0 radical (unpaired) electrons. The highest BCUT2D eigenvalue weighted by molar-refractivity contribution is 14.1. The first kappa shape index (κ1) is 17.2. The second-order valence-corrected chi connectivity index (χ2v) is 4.83. The second-order valence-electron chi connectivity index (χ2n) is 3.07. The highest BCUT2D eigenvalue weighted by atomic mass is 127. The first-order valence-electron chi connectivity index (χ1n) is 4.10. The zero-order valence-corrected chi connectivity index (χ0v) is 10.2. The topological polar surface area (TPSA) is 29.5 Å². The summed E-state index contributed by atoms with van der Waals surface area (Å²) in [4.78, 5) is 0. The van der Waals surface area contributed by atoms with Gasteiger partial charge in [0.1, 0.15) is 6.61 Å². The van der Waals surface area contributed by atoms with Crippen LogP contribution in [0.4, 0.5) is 30.7 Å². The van der Waals surface area contributed by atoms with Crippen LogP contribution in [0.5, 0.6) is 0 Å². The summed E-state index contributed by atoms with van der Waals surface area (Å²) < 4.78 is 88.1. The Morgan fingerprint density at radius 1 is 1.06 bits per heavy atom. The fourth-order valence-electron chi connectivity index (χ4n) is 0.666. The largest absolute Gasteiger partial charge is 0.459 e. The van der Waals surface area contributed by atoms with Crippen molar-refractivity contribution in [2.75, 3.05) is 19.8 Å². The molecule has 0 fully saturated rings. The van der Waals surface area contributed by atoms with Crippen LogP contribution >= 0.6 is 22.6 Å². The van der Waals surface area contributed by atoms with Crippen LogP contribution in [0.3, 0.4) is 0 Å². The molecule has 0 aromatic heterocycles. The summed E-state index contributed by atoms with van der Waals surface area (Å²) in [6, 6.07) is 0. The van der Waals surface area contributed by atoms with Crippen molar-refractivity contribution in [3.63, 3.8) is 0 Å². The van der Waals surface area contributed by atoms with Crippen LogP contribution in [-0.4, -0.2) is 46.9 Å². The zero-order valence-electron chi connectivity index (χ0n) is 8.08. The molecule has 0 saturated heterocycles. The second kappa shape index (κ2) is 5.87. The average molecular weight is 384 g/mol. The van der Waals surface area contributed by atoms with Crippen LogP contribution < -0.4 is 0 Å². The molecule has 0 rings (SSSR count). The Hall–Kier alpha value is 0.160. The number of ether oxygens (including phenoxy) is 1. The van der Waals surface area contributed by atoms with Gasteiger partial charge >= 0.3 is 18.0 Å². The zero-order chi connectivity index (χ0) is 13.9. The molecule has 0 aromatic rings. The summed E-state index contributed by atoms with van der Waals surface area (Å²) >= 11 is 1.56. The molecule has 0 heterocycles. The van der Waals surface area contributed by atoms with E-state index in [-0.39, 0.29) is 0 Å². The number of rotatable bonds is 6. The van der Waals surface area contributed by atoms with Gasteiger partial charge in [-0.2, -0.15) is 30.7 Å². The van der Waals surface area contributed by atoms with Gasteiger partial charge in [0, 0.05) is 0 Å². The highest BCUT2D eigenvalue weighted by Gasteiger charge is 2.72. The van der Waals surface area contributed by atoms with Crippen LogP contribution in [0.1, 0.15) is 0 Å². The molecule has 0 aliphatic carbocycles. The molecule has 1 N–H and O–H groups in total. The van der Waals surface area contributed by atoms with Crippen molar-refractivity contribution < 1.29 is 40.6 Å². The molecule has 1 atom stereocenters. The predicted octanol–water partition coefficient (Wildman–Crippen LogP) is 2.63. The monoisotopic (exact) mass is 384 g/mol. The van der Waals surface area contributed by atoms with Crippen LogP contribution in [0.15, 0.2) is 0 Å². The normalized spacial score (nSPS) is 16.1. The summed E-state index contributed by atoms with van der Waals surface area (Å²) in [5, 5.41) is 8.45. The van der Waals surface area contributed by atoms with Crippen LogP contribution in [0.25, 0.3) is 0 Å². The fourth-order valence-corrected chi connectivity index (χ4v) is 0.920. The van der Waals surface area contributed by atoms with Gasteiger partial charge in [-0.3, -0.25) is 0 Å². The van der Waals surface area contributed by atoms with Crippen molar-refractivity contribution in [1.29, 1.82) is 0 Å². The number of alkyl halides is 8. The van der Waals surface area contributed by atoms with E-state index in [9.17, 15) is 30.7 Å². The van der Waals surface area contributed by atoms with E-state index in [1.165, 1.54) is 0 Å². The van der Waals surface area contributed by atoms with Gasteiger partial charge < -0.3 is 9.84 Å². The lowest BCUT2D eigenvalue weighted by Gasteiger charge is -2.28. The maximum absolute atomic E-state index is 12.6. The third-order valence-electron chi connectivity index (χ3n) is 1.60. The smallest absolute Gasteiger partial charge is 0.395 e. The van der Waals surface area contributed by atoms with Crippen molar-refractivity contribution >= 4 is 22.6 Å². The molecule has 0 saturated carbocycles. The van der Waals surface area contributed by atoms with Crippen LogP contribution in [0.2, 0.25) is 0 Å². The standard InChI is InChI=1S/C7H8F7IO2/c8-5(9,3-17-2-4(15)1-16)6(10,11)7(12,13)14/h4,16H,1-3H2. The molecule has 0 aromatic carbocycles. The minimum Gasteiger partial charge on any atom is -0.395 e. The minimum atomic E-state index is -6.35. The van der Waals surface area contributed by atoms with Crippen LogP contribution in [-0.2, 0) is 4.74 Å². The van der Waals surface area contributed by atoms with Crippen molar-refractivity contribution in [3.05, 3.63) is 0 Å². The molecule has 0 aliphatic rings. The van der Waals surface area contributed by atoms with Gasteiger partial charge in [0.2, 0.25) is 0 Å². The summed E-state index contributed by atoms with van der Waals surface area (Å²) in [6.07, 6.45) is -6.35. The third-order valence-corrected chi connectivity index (χ3v) is 2.35. The molecular formula is C7H8F7IO2. The van der Waals surface area contributed by atoms with E-state index in [2.05, 4.69) is 4.74 Å². The molecule has 2 nitrogen and oxygen atoms in total. The lowest BCUT2D eigenvalue weighted by molar-refractivity contribution is -0.361. The Labute approximate surface area is 105 Å². The van der Waals surface area contributed by atoms with Gasteiger partial charge in [-0.15, -0.1) is 0 Å². The van der Waals surface area contributed by atoms with Crippen LogP contribution in [0, 0.1) is 0 Å². The number of halogens is 8. The molecule has 1 unspecified atom stereocenters. The van der Waals surface area contributed by atoms with Crippen molar-refractivity contribution in [2.45, 2.75) is 21.9 Å². The SMILES string of the molecule is OCC(I)COCC(F)(F)C(F)(F)C(F)(F)F. The highest BCUT2D eigenvalue weighted by Crippen LogP contribution is 2.46. The van der Waals surface area contributed by atoms with E-state index in [1.54, 1.807) is 22.6 Å². The van der Waals surface area contributed by atoms with Crippen molar-refractivity contribution in [2.24, 2.45) is 0 Å². The molecule has 0 amide bonds. The quantitative estimate of drug-likeness (QED) is 0.434. The molecule has 0 bridgehead atoms. The van der Waals surface area contributed by atoms with Gasteiger partial charge in [-0.25, -0.2) is 0 Å². The Kier molecular flexibility index (Phi) is 5.92. The molecular weight excluding hydrogens is 376 g/mol. The Morgan fingerprint density at radius 3 is 1.88 bits per heavy atom. The van der Waals surface area contributed by atoms with Crippen molar-refractivity contribution in [1.82, 2.24) is 0 Å². The summed E-state index contributed by atoms with van der Waals surface area (Å²) in [6.45, 7) is -3.10. The molecule has 0 aliphatic heterocycles. The Balaban J connectivity index is 4.47.